The molecule has 0 radical (unpaired) electrons. The van der Waals surface area contributed by atoms with Gasteiger partial charge in [0.05, 0.1) is 21.8 Å². The van der Waals surface area contributed by atoms with Crippen LogP contribution < -0.4 is 10.0 Å². The fourth-order valence-corrected chi connectivity index (χ4v) is 5.09. The van der Waals surface area contributed by atoms with Crippen molar-refractivity contribution >= 4 is 49.7 Å². The van der Waals surface area contributed by atoms with Crippen LogP contribution in [0.4, 0.5) is 11.4 Å². The molecule has 1 aliphatic carbocycles. The van der Waals surface area contributed by atoms with Gasteiger partial charge in [0.15, 0.2) is 0 Å². The molecule has 1 amide bonds. The molecule has 1 aliphatic rings. The quantitative estimate of drug-likeness (QED) is 0.413. The number of amides is 1. The van der Waals surface area contributed by atoms with E-state index in [9.17, 15) is 13.2 Å². The van der Waals surface area contributed by atoms with Crippen LogP contribution in [0.2, 0.25) is 5.02 Å². The first-order chi connectivity index (χ1) is 15.9. The maximum atomic E-state index is 12.7. The lowest BCUT2D eigenvalue weighted by molar-refractivity contribution is -0.117. The summed E-state index contributed by atoms with van der Waals surface area (Å²) in [5.74, 6) is -0.176. The van der Waals surface area contributed by atoms with Crippen LogP contribution in [0.25, 0.3) is 10.8 Å². The molecule has 2 aromatic heterocycles. The lowest BCUT2D eigenvalue weighted by atomic mass is 10.1. The summed E-state index contributed by atoms with van der Waals surface area (Å²) in [7, 11) is -3.71. The smallest absolute Gasteiger partial charge is 0.261 e. The number of fused-ring (bicyclic) bond motifs is 1. The minimum absolute atomic E-state index is 0.0567. The van der Waals surface area contributed by atoms with Crippen LogP contribution in [0.1, 0.15) is 17.9 Å². The number of nitrogens with one attached hydrogen (secondary N) is 2. The lowest BCUT2D eigenvalue weighted by Gasteiger charge is -2.09. The van der Waals surface area contributed by atoms with Crippen LogP contribution in [-0.2, 0) is 14.8 Å². The second-order valence-corrected chi connectivity index (χ2v) is 10.0. The fourth-order valence-electron chi connectivity index (χ4n) is 3.83. The standard InChI is InChI=1S/C24H19ClN4O3S/c25-23-14-27-12-16-3-6-17(10-21(16)23)28-24(30)22-11-20(22)15-4-7-19(8-5-15)33(31,32)29-18-2-1-9-26-13-18/h1-10,12-14,20,22,29H,11H2,(H,28,30)/t20?,22-/m1/s1. The molecule has 33 heavy (non-hydrogen) atoms. The normalized spacial score (nSPS) is 17.5. The molecule has 166 valence electrons. The van der Waals surface area contributed by atoms with Gasteiger partial charge in [-0.2, -0.15) is 0 Å². The largest absolute Gasteiger partial charge is 0.326 e. The van der Waals surface area contributed by atoms with Crippen LogP contribution in [0, 0.1) is 5.92 Å². The average molecular weight is 479 g/mol. The maximum Gasteiger partial charge on any atom is 0.261 e. The molecule has 4 aromatic rings. The van der Waals surface area contributed by atoms with Gasteiger partial charge in [0.2, 0.25) is 5.91 Å². The predicted molar refractivity (Wildman–Crippen MR) is 128 cm³/mol. The van der Waals surface area contributed by atoms with Crippen molar-refractivity contribution in [3.63, 3.8) is 0 Å². The molecule has 1 unspecified atom stereocenters. The Balaban J connectivity index is 1.25. The molecule has 1 saturated carbocycles. The van der Waals surface area contributed by atoms with Gasteiger partial charge in [0, 0.05) is 41.0 Å². The average Bonchev–Trinajstić information content (AvgIpc) is 3.61. The monoisotopic (exact) mass is 478 g/mol. The van der Waals surface area contributed by atoms with E-state index in [0.717, 1.165) is 16.3 Å². The zero-order chi connectivity index (χ0) is 23.0. The van der Waals surface area contributed by atoms with Gasteiger partial charge in [-0.3, -0.25) is 19.5 Å². The summed E-state index contributed by atoms with van der Waals surface area (Å²) < 4.78 is 27.7. The molecule has 2 atom stereocenters. The number of hydrogen-bond donors (Lipinski definition) is 2. The van der Waals surface area contributed by atoms with E-state index in [1.165, 1.54) is 6.20 Å². The van der Waals surface area contributed by atoms with Crippen LogP contribution in [0.3, 0.4) is 0 Å². The molecule has 0 aliphatic heterocycles. The summed E-state index contributed by atoms with van der Waals surface area (Å²) in [6.07, 6.45) is 7.02. The number of sulfonamides is 1. The summed E-state index contributed by atoms with van der Waals surface area (Å²) in [5, 5.41) is 5.21. The van der Waals surface area contributed by atoms with Crippen molar-refractivity contribution in [2.75, 3.05) is 10.0 Å². The summed E-state index contributed by atoms with van der Waals surface area (Å²) in [4.78, 5) is 20.9. The van der Waals surface area contributed by atoms with Crippen molar-refractivity contribution in [3.8, 4) is 0 Å². The van der Waals surface area contributed by atoms with Crippen molar-refractivity contribution in [1.82, 2.24) is 9.97 Å². The Morgan fingerprint density at radius 3 is 2.55 bits per heavy atom. The zero-order valence-corrected chi connectivity index (χ0v) is 18.8. The molecule has 9 heteroatoms. The van der Waals surface area contributed by atoms with Crippen LogP contribution in [0.15, 0.2) is 84.3 Å². The van der Waals surface area contributed by atoms with Crippen LogP contribution >= 0.6 is 11.6 Å². The lowest BCUT2D eigenvalue weighted by Crippen LogP contribution is -2.14. The Labute approximate surface area is 195 Å². The number of aromatic nitrogens is 2. The third kappa shape index (κ3) is 4.53. The number of pyridine rings is 2. The SMILES string of the molecule is O=C(Nc1ccc2cncc(Cl)c2c1)[C@@H]1CC1c1ccc(S(=O)(=O)Nc2cccnc2)cc1. The van der Waals surface area contributed by atoms with Crippen molar-refractivity contribution in [2.24, 2.45) is 5.92 Å². The molecule has 2 N–H and O–H groups in total. The van der Waals surface area contributed by atoms with E-state index >= 15 is 0 Å². The van der Waals surface area contributed by atoms with Crippen LogP contribution in [-0.4, -0.2) is 24.3 Å². The number of anilines is 2. The first-order valence-corrected chi connectivity index (χ1v) is 12.1. The van der Waals surface area contributed by atoms with E-state index in [4.69, 9.17) is 11.6 Å². The van der Waals surface area contributed by atoms with Gasteiger partial charge in [0.25, 0.3) is 10.0 Å². The predicted octanol–water partition coefficient (Wildman–Crippen LogP) is 4.83. The van der Waals surface area contributed by atoms with Crippen molar-refractivity contribution in [1.29, 1.82) is 0 Å². The first kappa shape index (κ1) is 21.4. The Bertz CT molecular complexity index is 1440. The van der Waals surface area contributed by atoms with Crippen molar-refractivity contribution < 1.29 is 13.2 Å². The number of carbonyl (C=O) groups is 1. The fraction of sp³-hybridized carbons (Fsp3) is 0.125. The third-order valence-corrected chi connectivity index (χ3v) is 7.34. The van der Waals surface area contributed by atoms with Gasteiger partial charge in [-0.1, -0.05) is 29.8 Å². The first-order valence-electron chi connectivity index (χ1n) is 10.3. The van der Waals surface area contributed by atoms with E-state index in [-0.39, 0.29) is 22.6 Å². The van der Waals surface area contributed by atoms with E-state index in [1.807, 2.05) is 18.2 Å². The Kier molecular flexibility index (Phi) is 5.47. The van der Waals surface area contributed by atoms with Gasteiger partial charge < -0.3 is 5.32 Å². The molecular weight excluding hydrogens is 460 g/mol. The highest BCUT2D eigenvalue weighted by molar-refractivity contribution is 7.92. The molecule has 7 nitrogen and oxygen atoms in total. The molecule has 0 spiro atoms. The summed E-state index contributed by atoms with van der Waals surface area (Å²) in [6.45, 7) is 0. The Morgan fingerprint density at radius 2 is 1.79 bits per heavy atom. The number of rotatable bonds is 6. The van der Waals surface area contributed by atoms with Crippen molar-refractivity contribution in [3.05, 3.63) is 90.0 Å². The molecule has 5 rings (SSSR count). The molecule has 2 heterocycles. The van der Waals surface area contributed by atoms with Gasteiger partial charge in [0.1, 0.15) is 0 Å². The number of hydrogen-bond acceptors (Lipinski definition) is 5. The highest BCUT2D eigenvalue weighted by atomic mass is 35.5. The molecule has 0 bridgehead atoms. The van der Waals surface area contributed by atoms with E-state index in [1.54, 1.807) is 55.0 Å². The van der Waals surface area contributed by atoms with Crippen molar-refractivity contribution in [2.45, 2.75) is 17.2 Å². The summed E-state index contributed by atoms with van der Waals surface area (Å²) in [6, 6.07) is 15.5. The van der Waals surface area contributed by atoms with Gasteiger partial charge in [-0.15, -0.1) is 0 Å². The number of benzene rings is 2. The Morgan fingerprint density at radius 1 is 0.970 bits per heavy atom. The van der Waals surface area contributed by atoms with Gasteiger partial charge in [-0.05, 0) is 54.3 Å². The second-order valence-electron chi connectivity index (χ2n) is 7.91. The van der Waals surface area contributed by atoms with Gasteiger partial charge in [-0.25, -0.2) is 8.42 Å². The Hall–Kier alpha value is -3.49. The topological polar surface area (TPSA) is 101 Å². The number of halogens is 1. The number of nitrogens with zero attached hydrogens (tertiary/aromatic N) is 2. The molecular formula is C24H19ClN4O3S. The third-order valence-electron chi connectivity index (χ3n) is 5.64. The summed E-state index contributed by atoms with van der Waals surface area (Å²) in [5.41, 5.74) is 2.00. The minimum Gasteiger partial charge on any atom is -0.326 e. The molecule has 2 aromatic carbocycles. The van der Waals surface area contributed by atoms with E-state index in [2.05, 4.69) is 20.0 Å². The molecule has 0 saturated heterocycles. The van der Waals surface area contributed by atoms with Gasteiger partial charge >= 0.3 is 0 Å². The summed E-state index contributed by atoms with van der Waals surface area (Å²) >= 11 is 6.21. The van der Waals surface area contributed by atoms with E-state index in [0.29, 0.717) is 22.8 Å². The van der Waals surface area contributed by atoms with Crippen LogP contribution in [0.5, 0.6) is 0 Å². The van der Waals surface area contributed by atoms with E-state index < -0.39 is 10.0 Å². The highest BCUT2D eigenvalue weighted by Crippen LogP contribution is 2.48. The second kappa shape index (κ2) is 8.46. The number of carbonyl (C=O) groups excluding carboxylic acids is 1. The minimum atomic E-state index is -3.71. The maximum absolute atomic E-state index is 12.7. The highest BCUT2D eigenvalue weighted by Gasteiger charge is 2.44. The zero-order valence-electron chi connectivity index (χ0n) is 17.3. The molecule has 1 fully saturated rings.